The Kier molecular flexibility index (Phi) is 6.08. The molecule has 2 aromatic rings. The molecule has 1 atom stereocenters. The molecule has 0 aliphatic carbocycles. The van der Waals surface area contributed by atoms with Crippen LogP contribution < -0.4 is 10.6 Å². The van der Waals surface area contributed by atoms with Gasteiger partial charge >= 0.3 is 0 Å². The van der Waals surface area contributed by atoms with Crippen LogP contribution in [0.3, 0.4) is 0 Å². The maximum Gasteiger partial charge on any atom is 0.240 e. The van der Waals surface area contributed by atoms with Crippen LogP contribution in [0.2, 0.25) is 0 Å². The van der Waals surface area contributed by atoms with E-state index in [9.17, 15) is 18.4 Å². The van der Waals surface area contributed by atoms with Gasteiger partial charge in [0.05, 0.1) is 12.5 Å². The number of amides is 2. The monoisotopic (exact) mass is 374 g/mol. The topological polar surface area (TPSA) is 74.3 Å². The van der Waals surface area contributed by atoms with Crippen molar-refractivity contribution in [3.8, 4) is 0 Å². The molecule has 1 aliphatic rings. The summed E-state index contributed by atoms with van der Waals surface area (Å²) in [5.74, 6) is -1.89. The van der Waals surface area contributed by atoms with Gasteiger partial charge in [-0.15, -0.1) is 0 Å². The largest absolute Gasteiger partial charge is 0.352 e. The second kappa shape index (κ2) is 8.68. The van der Waals surface area contributed by atoms with E-state index in [0.717, 1.165) is 11.6 Å². The fourth-order valence-electron chi connectivity index (χ4n) is 2.99. The van der Waals surface area contributed by atoms with E-state index in [4.69, 9.17) is 0 Å². The molecule has 142 valence electrons. The minimum absolute atomic E-state index is 0.00684. The molecule has 2 N–H and O–H groups in total. The molecular weight excluding hydrogens is 354 g/mol. The zero-order chi connectivity index (χ0) is 19.2. The average molecular weight is 374 g/mol. The third-order valence-electron chi connectivity index (χ3n) is 4.28. The number of rotatable bonds is 6. The maximum atomic E-state index is 13.3. The van der Waals surface area contributed by atoms with Gasteiger partial charge in [-0.3, -0.25) is 14.6 Å². The van der Waals surface area contributed by atoms with Crippen molar-refractivity contribution in [1.82, 2.24) is 20.5 Å². The second-order valence-corrected chi connectivity index (χ2v) is 6.39. The van der Waals surface area contributed by atoms with Gasteiger partial charge in [0.1, 0.15) is 11.6 Å². The highest BCUT2D eigenvalue weighted by atomic mass is 19.1. The Balaban J connectivity index is 1.55. The molecule has 1 saturated heterocycles. The Hall–Kier alpha value is -2.87. The van der Waals surface area contributed by atoms with Gasteiger partial charge in [0.25, 0.3) is 0 Å². The molecule has 6 nitrogen and oxygen atoms in total. The van der Waals surface area contributed by atoms with E-state index in [-0.39, 0.29) is 24.8 Å². The first-order valence-electron chi connectivity index (χ1n) is 8.64. The van der Waals surface area contributed by atoms with Crippen LogP contribution in [0.25, 0.3) is 0 Å². The van der Waals surface area contributed by atoms with Gasteiger partial charge in [-0.25, -0.2) is 8.78 Å². The van der Waals surface area contributed by atoms with Crippen LogP contribution in [-0.2, 0) is 22.7 Å². The van der Waals surface area contributed by atoms with Crippen molar-refractivity contribution in [2.24, 2.45) is 0 Å². The first-order chi connectivity index (χ1) is 13.0. The summed E-state index contributed by atoms with van der Waals surface area (Å²) in [5, 5.41) is 5.78. The Labute approximate surface area is 155 Å². The summed E-state index contributed by atoms with van der Waals surface area (Å²) >= 11 is 0. The van der Waals surface area contributed by atoms with E-state index in [1.807, 2.05) is 6.07 Å². The van der Waals surface area contributed by atoms with Gasteiger partial charge in [-0.1, -0.05) is 6.07 Å². The first-order valence-corrected chi connectivity index (χ1v) is 8.64. The number of piperazine rings is 1. The van der Waals surface area contributed by atoms with Crippen LogP contribution >= 0.6 is 0 Å². The van der Waals surface area contributed by atoms with Crippen LogP contribution in [0.5, 0.6) is 0 Å². The molecule has 0 radical (unpaired) electrons. The zero-order valence-electron chi connectivity index (χ0n) is 14.6. The molecule has 1 unspecified atom stereocenters. The molecular formula is C19H20F2N4O2. The van der Waals surface area contributed by atoms with Crippen molar-refractivity contribution in [2.75, 3.05) is 13.1 Å². The smallest absolute Gasteiger partial charge is 0.240 e. The van der Waals surface area contributed by atoms with Crippen LogP contribution in [0, 0.1) is 11.6 Å². The molecule has 1 aromatic heterocycles. The van der Waals surface area contributed by atoms with E-state index in [0.29, 0.717) is 25.2 Å². The Morgan fingerprint density at radius 2 is 2.04 bits per heavy atom. The number of carbonyl (C=O) groups excluding carboxylic acids is 2. The summed E-state index contributed by atoms with van der Waals surface area (Å²) in [5.41, 5.74) is 1.24. The second-order valence-electron chi connectivity index (χ2n) is 6.39. The highest BCUT2D eigenvalue weighted by Crippen LogP contribution is 2.14. The summed E-state index contributed by atoms with van der Waals surface area (Å²) in [6, 6.07) is 6.16. The summed E-state index contributed by atoms with van der Waals surface area (Å²) in [7, 11) is 0. The molecule has 0 saturated carbocycles. The molecule has 2 heterocycles. The number of hydrogen-bond donors (Lipinski definition) is 2. The van der Waals surface area contributed by atoms with Crippen molar-refractivity contribution in [1.29, 1.82) is 0 Å². The standard InChI is InChI=1S/C19H20F2N4O2/c20-15-6-14(7-16(21)8-15)12-25-5-4-23-17(19(25)27)9-18(26)24-11-13-2-1-3-22-10-13/h1-3,6-8,10,17,23H,4-5,9,11-12H2,(H,24,26). The van der Waals surface area contributed by atoms with Crippen molar-refractivity contribution >= 4 is 11.8 Å². The normalized spacial score (nSPS) is 17.0. The molecule has 2 amide bonds. The fourth-order valence-corrected chi connectivity index (χ4v) is 2.99. The number of nitrogens with one attached hydrogen (secondary N) is 2. The third kappa shape index (κ3) is 5.30. The lowest BCUT2D eigenvalue weighted by atomic mass is 10.1. The number of pyridine rings is 1. The Morgan fingerprint density at radius 1 is 1.26 bits per heavy atom. The molecule has 1 aromatic carbocycles. The minimum atomic E-state index is -0.682. The average Bonchev–Trinajstić information content (AvgIpc) is 2.63. The molecule has 3 rings (SSSR count). The van der Waals surface area contributed by atoms with Crippen molar-refractivity contribution in [3.63, 3.8) is 0 Å². The number of nitrogens with zero attached hydrogens (tertiary/aromatic N) is 2. The van der Waals surface area contributed by atoms with Gasteiger partial charge in [0, 0.05) is 44.6 Å². The van der Waals surface area contributed by atoms with Crippen molar-refractivity contribution in [3.05, 3.63) is 65.5 Å². The van der Waals surface area contributed by atoms with Crippen molar-refractivity contribution < 1.29 is 18.4 Å². The van der Waals surface area contributed by atoms with Gasteiger partial charge in [0.15, 0.2) is 0 Å². The quantitative estimate of drug-likeness (QED) is 0.801. The molecule has 1 fully saturated rings. The Bertz CT molecular complexity index is 796. The van der Waals surface area contributed by atoms with E-state index >= 15 is 0 Å². The number of aromatic nitrogens is 1. The van der Waals surface area contributed by atoms with E-state index in [1.54, 1.807) is 18.5 Å². The van der Waals surface area contributed by atoms with Crippen LogP contribution in [0.4, 0.5) is 8.78 Å². The molecule has 8 heteroatoms. The lowest BCUT2D eigenvalue weighted by Crippen LogP contribution is -2.55. The van der Waals surface area contributed by atoms with Gasteiger partial charge in [0.2, 0.25) is 11.8 Å². The Morgan fingerprint density at radius 3 is 2.74 bits per heavy atom. The molecule has 1 aliphatic heterocycles. The molecule has 0 bridgehead atoms. The fraction of sp³-hybridized carbons (Fsp3) is 0.316. The first kappa shape index (κ1) is 18.9. The van der Waals surface area contributed by atoms with E-state index < -0.39 is 17.7 Å². The summed E-state index contributed by atoms with van der Waals surface area (Å²) in [6.07, 6.45) is 3.30. The molecule has 0 spiro atoms. The van der Waals surface area contributed by atoms with Gasteiger partial charge in [-0.2, -0.15) is 0 Å². The summed E-state index contributed by atoms with van der Waals surface area (Å²) < 4.78 is 26.7. The SMILES string of the molecule is O=C(CC1NCCN(Cc2cc(F)cc(F)c2)C1=O)NCc1cccnc1. The predicted octanol–water partition coefficient (Wildman–Crippen LogP) is 1.37. The number of benzene rings is 1. The molecule has 27 heavy (non-hydrogen) atoms. The van der Waals surface area contributed by atoms with Crippen LogP contribution in [0.1, 0.15) is 17.5 Å². The van der Waals surface area contributed by atoms with Crippen LogP contribution in [0.15, 0.2) is 42.7 Å². The highest BCUT2D eigenvalue weighted by Gasteiger charge is 2.30. The zero-order valence-corrected chi connectivity index (χ0v) is 14.6. The maximum absolute atomic E-state index is 13.3. The predicted molar refractivity (Wildman–Crippen MR) is 94.3 cm³/mol. The van der Waals surface area contributed by atoms with Gasteiger partial charge < -0.3 is 15.5 Å². The van der Waals surface area contributed by atoms with Gasteiger partial charge in [-0.05, 0) is 29.3 Å². The van der Waals surface area contributed by atoms with E-state index in [2.05, 4.69) is 15.6 Å². The number of carbonyl (C=O) groups is 2. The summed E-state index contributed by atoms with van der Waals surface area (Å²) in [4.78, 5) is 30.2. The van der Waals surface area contributed by atoms with E-state index in [1.165, 1.54) is 17.0 Å². The lowest BCUT2D eigenvalue weighted by Gasteiger charge is -2.33. The number of halogens is 2. The summed E-state index contributed by atoms with van der Waals surface area (Å²) in [6.45, 7) is 1.34. The third-order valence-corrected chi connectivity index (χ3v) is 4.28. The number of hydrogen-bond acceptors (Lipinski definition) is 4. The van der Waals surface area contributed by atoms with Crippen molar-refractivity contribution in [2.45, 2.75) is 25.6 Å². The highest BCUT2D eigenvalue weighted by molar-refractivity contribution is 5.88. The van der Waals surface area contributed by atoms with Crippen LogP contribution in [-0.4, -0.2) is 40.8 Å². The lowest BCUT2D eigenvalue weighted by molar-refractivity contribution is -0.138. The minimum Gasteiger partial charge on any atom is -0.352 e.